The molecule has 0 aliphatic rings. The number of aromatic hydroxyl groups is 2. The number of benzene rings is 6. The number of anilines is 8. The summed E-state index contributed by atoms with van der Waals surface area (Å²) in [6.45, 7) is 5.32. The van der Waals surface area contributed by atoms with Gasteiger partial charge < -0.3 is 29.8 Å². The van der Waals surface area contributed by atoms with Gasteiger partial charge in [-0.2, -0.15) is 0 Å². The number of rotatable bonds is 11. The third kappa shape index (κ3) is 6.79. The molecule has 0 saturated carbocycles. The van der Waals surface area contributed by atoms with Crippen molar-refractivity contribution in [1.29, 1.82) is 0 Å². The van der Waals surface area contributed by atoms with Crippen molar-refractivity contribution in [2.24, 2.45) is 0 Å². The fraction of sp³-hybridized carbons (Fsp3) is 0.143. The minimum Gasteiger partial charge on any atom is -0.504 e. The molecule has 242 valence electrons. The van der Waals surface area contributed by atoms with Gasteiger partial charge in [0.1, 0.15) is 0 Å². The van der Waals surface area contributed by atoms with E-state index in [9.17, 15) is 10.2 Å². The highest BCUT2D eigenvalue weighted by Gasteiger charge is 2.23. The smallest absolute Gasteiger partial charge is 0.163 e. The Labute approximate surface area is 284 Å². The number of hydrogen-bond acceptors (Lipinski definition) is 6. The summed E-state index contributed by atoms with van der Waals surface area (Å²) < 4.78 is 0. The Balaban J connectivity index is 1.29. The Morgan fingerprint density at radius 2 is 0.646 bits per heavy atom. The third-order valence-electron chi connectivity index (χ3n) is 8.56. The summed E-state index contributed by atoms with van der Waals surface area (Å²) in [5.74, 6) is 0.418. The summed E-state index contributed by atoms with van der Waals surface area (Å²) in [5, 5.41) is 23.6. The number of phenolic OH excluding ortho intramolecular Hbond substituents is 2. The lowest BCUT2D eigenvalue weighted by Gasteiger charge is -2.31. The van der Waals surface area contributed by atoms with Crippen LogP contribution in [0.15, 0.2) is 146 Å². The van der Waals surface area contributed by atoms with Crippen molar-refractivity contribution >= 4 is 45.5 Å². The van der Waals surface area contributed by atoms with Gasteiger partial charge in [-0.25, -0.2) is 0 Å². The van der Waals surface area contributed by atoms with Crippen LogP contribution in [-0.4, -0.2) is 37.4 Å². The molecule has 2 N–H and O–H groups in total. The molecule has 6 nitrogen and oxygen atoms in total. The van der Waals surface area contributed by atoms with Gasteiger partial charge in [0, 0.05) is 49.9 Å². The zero-order valence-electron chi connectivity index (χ0n) is 28.0. The van der Waals surface area contributed by atoms with Crippen LogP contribution in [0, 0.1) is 13.8 Å². The molecular formula is C42H42N4O2. The van der Waals surface area contributed by atoms with Gasteiger partial charge in [-0.3, -0.25) is 0 Å². The number of hydrogen-bond donors (Lipinski definition) is 2. The molecule has 0 spiro atoms. The molecule has 48 heavy (non-hydrogen) atoms. The van der Waals surface area contributed by atoms with E-state index in [-0.39, 0.29) is 11.5 Å². The average molecular weight is 635 g/mol. The molecule has 0 aliphatic heterocycles. The molecule has 6 aromatic rings. The van der Waals surface area contributed by atoms with Gasteiger partial charge in [0.15, 0.2) is 11.5 Å². The largest absolute Gasteiger partial charge is 0.504 e. The molecule has 0 saturated heterocycles. The molecule has 0 amide bonds. The van der Waals surface area contributed by atoms with E-state index >= 15 is 0 Å². The van der Waals surface area contributed by atoms with E-state index in [1.165, 1.54) is 0 Å². The van der Waals surface area contributed by atoms with Crippen LogP contribution in [-0.2, 0) is 0 Å². The Bertz CT molecular complexity index is 1730. The van der Waals surface area contributed by atoms with E-state index in [1.54, 1.807) is 0 Å². The van der Waals surface area contributed by atoms with E-state index < -0.39 is 0 Å². The molecule has 0 bridgehead atoms. The number of aryl methyl sites for hydroxylation is 2. The van der Waals surface area contributed by atoms with Gasteiger partial charge in [0.05, 0.1) is 22.7 Å². The number of nitrogens with zero attached hydrogens (tertiary/aromatic N) is 4. The molecule has 6 aromatic carbocycles. The highest BCUT2D eigenvalue weighted by molar-refractivity contribution is 5.86. The fourth-order valence-corrected chi connectivity index (χ4v) is 6.11. The van der Waals surface area contributed by atoms with Gasteiger partial charge in [-0.1, -0.05) is 72.8 Å². The van der Waals surface area contributed by atoms with Crippen molar-refractivity contribution in [3.63, 3.8) is 0 Å². The maximum Gasteiger partial charge on any atom is 0.163 e. The molecule has 0 unspecified atom stereocenters. The second-order valence-corrected chi connectivity index (χ2v) is 12.2. The molecule has 0 aromatic heterocycles. The first-order valence-corrected chi connectivity index (χ1v) is 16.2. The van der Waals surface area contributed by atoms with Crippen LogP contribution in [0.4, 0.5) is 45.5 Å². The van der Waals surface area contributed by atoms with E-state index in [2.05, 4.69) is 33.4 Å². The van der Waals surface area contributed by atoms with Crippen LogP contribution in [0.2, 0.25) is 0 Å². The Morgan fingerprint density at radius 1 is 0.396 bits per heavy atom. The number of likely N-dealkylation sites (N-methyl/N-ethyl adjacent to an activating group) is 2. The monoisotopic (exact) mass is 634 g/mol. The summed E-state index contributed by atoms with van der Waals surface area (Å²) in [4.78, 5) is 8.32. The van der Waals surface area contributed by atoms with Crippen LogP contribution >= 0.6 is 0 Å². The molecule has 6 heteroatoms. The van der Waals surface area contributed by atoms with Crippen molar-refractivity contribution in [2.75, 3.05) is 46.8 Å². The van der Waals surface area contributed by atoms with Crippen molar-refractivity contribution < 1.29 is 10.2 Å². The van der Waals surface area contributed by atoms with Gasteiger partial charge in [-0.05, 0) is 97.8 Å². The van der Waals surface area contributed by atoms with Gasteiger partial charge >= 0.3 is 0 Å². The lowest BCUT2D eigenvalue weighted by atomic mass is 10.1. The zero-order chi connectivity index (χ0) is 33.6. The number of phenols is 2. The van der Waals surface area contributed by atoms with Crippen molar-refractivity contribution in [3.8, 4) is 11.5 Å². The number of para-hydroxylation sites is 4. The second kappa shape index (κ2) is 14.3. The minimum atomic E-state index is 0.209. The Hall–Kier alpha value is -5.88. The van der Waals surface area contributed by atoms with E-state index in [0.717, 1.165) is 45.3 Å². The van der Waals surface area contributed by atoms with E-state index in [0.29, 0.717) is 24.5 Å². The third-order valence-corrected chi connectivity index (χ3v) is 8.56. The Kier molecular flexibility index (Phi) is 9.53. The molecule has 0 fully saturated rings. The van der Waals surface area contributed by atoms with Gasteiger partial charge in [0.2, 0.25) is 0 Å². The van der Waals surface area contributed by atoms with Gasteiger partial charge in [-0.15, -0.1) is 0 Å². The quantitative estimate of drug-likeness (QED) is 0.148. The van der Waals surface area contributed by atoms with E-state index in [4.69, 9.17) is 0 Å². The SMILES string of the molecule is Cc1cc(N(C)CCN(C)c2cc(C)cc(N(c3ccccc3)c3ccccc3)c2O)c(O)c(N(c2ccccc2)c2ccccc2)c1. The maximum absolute atomic E-state index is 11.8. The molecule has 6 rings (SSSR count). The first-order chi connectivity index (χ1) is 23.3. The molecule has 0 aliphatic carbocycles. The van der Waals surface area contributed by atoms with Crippen molar-refractivity contribution in [3.05, 3.63) is 157 Å². The lowest BCUT2D eigenvalue weighted by molar-refractivity contribution is 0.474. The second-order valence-electron chi connectivity index (χ2n) is 12.2. The molecular weight excluding hydrogens is 592 g/mol. The lowest BCUT2D eigenvalue weighted by Crippen LogP contribution is -2.31. The fourth-order valence-electron chi connectivity index (χ4n) is 6.11. The summed E-state index contributed by atoms with van der Waals surface area (Å²) >= 11 is 0. The predicted octanol–water partition coefficient (Wildman–Crippen LogP) is 10.2. The van der Waals surface area contributed by atoms with Crippen LogP contribution < -0.4 is 19.6 Å². The first kappa shape index (κ1) is 32.1. The van der Waals surface area contributed by atoms with Crippen LogP contribution in [0.1, 0.15) is 11.1 Å². The topological polar surface area (TPSA) is 53.4 Å². The standard InChI is InChI=1S/C42H42N4O2/c1-31-27-37(41(47)39(29-31)45(33-17-9-5-10-18-33)34-19-11-6-12-20-34)43(3)25-26-44(4)38-28-32(2)30-40(42(38)48)46(35-21-13-7-14-22-35)36-23-15-8-16-24-36/h5-24,27-30,47-48H,25-26H2,1-4H3. The van der Waals surface area contributed by atoms with Crippen molar-refractivity contribution in [1.82, 2.24) is 0 Å². The maximum atomic E-state index is 11.8. The summed E-state index contributed by atoms with van der Waals surface area (Å²) in [7, 11) is 3.99. The summed E-state index contributed by atoms with van der Waals surface area (Å²) in [5.41, 5.74) is 8.83. The van der Waals surface area contributed by atoms with E-state index in [1.807, 2.05) is 160 Å². The first-order valence-electron chi connectivity index (χ1n) is 16.2. The van der Waals surface area contributed by atoms with Crippen LogP contribution in [0.25, 0.3) is 0 Å². The zero-order valence-corrected chi connectivity index (χ0v) is 28.0. The van der Waals surface area contributed by atoms with Crippen LogP contribution in [0.5, 0.6) is 11.5 Å². The molecule has 0 atom stereocenters. The highest BCUT2D eigenvalue weighted by atomic mass is 16.3. The Morgan fingerprint density at radius 3 is 0.917 bits per heavy atom. The summed E-state index contributed by atoms with van der Waals surface area (Å²) in [6, 6.07) is 48.5. The molecule has 0 heterocycles. The normalized spacial score (nSPS) is 10.8. The van der Waals surface area contributed by atoms with Crippen molar-refractivity contribution in [2.45, 2.75) is 13.8 Å². The van der Waals surface area contributed by atoms with Crippen LogP contribution in [0.3, 0.4) is 0 Å². The average Bonchev–Trinajstić information content (AvgIpc) is 3.12. The summed E-state index contributed by atoms with van der Waals surface area (Å²) in [6.07, 6.45) is 0. The molecule has 0 radical (unpaired) electrons. The highest BCUT2D eigenvalue weighted by Crippen LogP contribution is 2.46. The predicted molar refractivity (Wildman–Crippen MR) is 202 cm³/mol. The minimum absolute atomic E-state index is 0.209. The van der Waals surface area contributed by atoms with Gasteiger partial charge in [0.25, 0.3) is 0 Å².